The average Bonchev–Trinajstić information content (AvgIpc) is 2.21. The van der Waals surface area contributed by atoms with Crippen molar-refractivity contribution in [3.8, 4) is 0 Å². The van der Waals surface area contributed by atoms with E-state index >= 15 is 0 Å². The molecule has 0 bridgehead atoms. The van der Waals surface area contributed by atoms with Gasteiger partial charge >= 0.3 is 11.9 Å². The highest BCUT2D eigenvalue weighted by Crippen LogP contribution is 2.01. The van der Waals surface area contributed by atoms with Crippen LogP contribution in [0.15, 0.2) is 12.2 Å². The van der Waals surface area contributed by atoms with Crippen molar-refractivity contribution in [1.82, 2.24) is 5.48 Å². The number of aliphatic carboxylic acids is 1. The number of nitrogens with two attached hydrogens (primary N) is 1. The van der Waals surface area contributed by atoms with Gasteiger partial charge in [0.15, 0.2) is 0 Å². The lowest BCUT2D eigenvalue weighted by molar-refractivity contribution is -0.154. The molecule has 0 aromatic rings. The molecule has 0 unspecified atom stereocenters. The molecule has 92 valence electrons. The van der Waals surface area contributed by atoms with E-state index in [-0.39, 0.29) is 5.57 Å². The molecule has 0 aromatic carbocycles. The first-order valence-electron chi connectivity index (χ1n) is 5.04. The number of hydrogen-bond acceptors (Lipinski definition) is 5. The van der Waals surface area contributed by atoms with Gasteiger partial charge in [0, 0.05) is 5.57 Å². The van der Waals surface area contributed by atoms with Gasteiger partial charge in [-0.2, -0.15) is 0 Å². The number of carbonyl (C=O) groups excluding carboxylic acids is 1. The number of carbonyl (C=O) groups is 2. The van der Waals surface area contributed by atoms with Crippen LogP contribution in [-0.4, -0.2) is 29.6 Å². The molecule has 0 saturated heterocycles. The third kappa shape index (κ3) is 6.15. The van der Waals surface area contributed by atoms with E-state index in [0.717, 1.165) is 6.42 Å². The van der Waals surface area contributed by atoms with Crippen molar-refractivity contribution in [2.45, 2.75) is 32.2 Å². The fraction of sp³-hybridized carbons (Fsp3) is 0.600. The van der Waals surface area contributed by atoms with E-state index in [9.17, 15) is 9.59 Å². The molecule has 0 amide bonds. The van der Waals surface area contributed by atoms with Crippen LogP contribution in [0.5, 0.6) is 0 Å². The number of nitrogens with one attached hydrogen (secondary N) is 1. The Labute approximate surface area is 94.4 Å². The largest absolute Gasteiger partial charge is 0.480 e. The highest BCUT2D eigenvalue weighted by atomic mass is 16.7. The van der Waals surface area contributed by atoms with Crippen LogP contribution >= 0.6 is 0 Å². The monoisotopic (exact) mass is 230 g/mol. The fourth-order valence-corrected chi connectivity index (χ4v) is 0.937. The van der Waals surface area contributed by atoms with Gasteiger partial charge < -0.3 is 15.7 Å². The number of rotatable bonds is 8. The average molecular weight is 230 g/mol. The van der Waals surface area contributed by atoms with E-state index < -0.39 is 18.0 Å². The van der Waals surface area contributed by atoms with Crippen LogP contribution in [0.4, 0.5) is 0 Å². The van der Waals surface area contributed by atoms with Crippen molar-refractivity contribution in [1.29, 1.82) is 0 Å². The van der Waals surface area contributed by atoms with Gasteiger partial charge in [-0.15, -0.1) is 5.48 Å². The predicted molar refractivity (Wildman–Crippen MR) is 58.4 cm³/mol. The summed E-state index contributed by atoms with van der Waals surface area (Å²) in [6.07, 6.45) is 1.75. The summed E-state index contributed by atoms with van der Waals surface area (Å²) in [6.45, 7) is 5.37. The van der Waals surface area contributed by atoms with Crippen molar-refractivity contribution >= 4 is 11.9 Å². The number of carboxylic acid groups (broad SMARTS) is 1. The van der Waals surface area contributed by atoms with Gasteiger partial charge in [0.25, 0.3) is 0 Å². The highest BCUT2D eigenvalue weighted by Gasteiger charge is 2.18. The number of carboxylic acids is 1. The smallest absolute Gasteiger partial charge is 0.351 e. The lowest BCUT2D eigenvalue weighted by Crippen LogP contribution is -2.38. The Bertz CT molecular complexity index is 266. The molecule has 1 atom stereocenters. The molecule has 0 aromatic heterocycles. The predicted octanol–water partition coefficient (Wildman–Crippen LogP) is 0.193. The first-order chi connectivity index (χ1) is 7.49. The quantitative estimate of drug-likeness (QED) is 0.312. The van der Waals surface area contributed by atoms with Crippen LogP contribution in [0.2, 0.25) is 0 Å². The summed E-state index contributed by atoms with van der Waals surface area (Å²) < 4.78 is 0. The Morgan fingerprint density at radius 1 is 1.50 bits per heavy atom. The van der Waals surface area contributed by atoms with Gasteiger partial charge in [-0.3, -0.25) is 4.79 Å². The van der Waals surface area contributed by atoms with Crippen molar-refractivity contribution in [2.24, 2.45) is 5.73 Å². The highest BCUT2D eigenvalue weighted by molar-refractivity contribution is 5.86. The minimum Gasteiger partial charge on any atom is -0.480 e. The molecule has 0 aliphatic heterocycles. The SMILES string of the molecule is C=C(C)C(=O)ON[C@@H](CCCCN)C(=O)O. The molecular weight excluding hydrogens is 212 g/mol. The maximum Gasteiger partial charge on any atom is 0.351 e. The second kappa shape index (κ2) is 7.84. The van der Waals surface area contributed by atoms with Crippen LogP contribution in [-0.2, 0) is 14.4 Å². The standard InChI is InChI=1S/C10H18N2O4/c1-7(2)10(15)16-12-8(9(13)14)5-3-4-6-11/h8,12H,1,3-6,11H2,2H3,(H,13,14)/t8-/m0/s1. The molecule has 0 fully saturated rings. The number of unbranched alkanes of at least 4 members (excludes halogenated alkanes) is 1. The summed E-state index contributed by atoms with van der Waals surface area (Å²) in [4.78, 5) is 26.3. The van der Waals surface area contributed by atoms with Gasteiger partial charge in [0.2, 0.25) is 0 Å². The van der Waals surface area contributed by atoms with E-state index in [4.69, 9.17) is 10.8 Å². The van der Waals surface area contributed by atoms with Gasteiger partial charge in [-0.05, 0) is 32.7 Å². The van der Waals surface area contributed by atoms with E-state index in [0.29, 0.717) is 19.4 Å². The lowest BCUT2D eigenvalue weighted by Gasteiger charge is -2.13. The van der Waals surface area contributed by atoms with E-state index in [1.807, 2.05) is 0 Å². The maximum absolute atomic E-state index is 11.0. The molecule has 16 heavy (non-hydrogen) atoms. The summed E-state index contributed by atoms with van der Waals surface area (Å²) in [6, 6.07) is -0.908. The summed E-state index contributed by atoms with van der Waals surface area (Å²) in [5.41, 5.74) is 7.70. The first kappa shape index (κ1) is 14.6. The zero-order valence-corrected chi connectivity index (χ0v) is 9.36. The zero-order valence-electron chi connectivity index (χ0n) is 9.36. The van der Waals surface area contributed by atoms with Crippen molar-refractivity contribution in [3.05, 3.63) is 12.2 Å². The summed E-state index contributed by atoms with van der Waals surface area (Å²) in [5, 5.41) is 8.82. The van der Waals surface area contributed by atoms with Crippen molar-refractivity contribution in [3.63, 3.8) is 0 Å². The molecule has 0 aliphatic carbocycles. The molecule has 0 aliphatic rings. The third-order valence-corrected chi connectivity index (χ3v) is 1.89. The normalized spacial score (nSPS) is 11.9. The fourth-order valence-electron chi connectivity index (χ4n) is 0.937. The van der Waals surface area contributed by atoms with Crippen LogP contribution < -0.4 is 11.2 Å². The van der Waals surface area contributed by atoms with Crippen molar-refractivity contribution in [2.75, 3.05) is 6.54 Å². The molecular formula is C10H18N2O4. The van der Waals surface area contributed by atoms with Gasteiger partial charge in [-0.25, -0.2) is 4.79 Å². The van der Waals surface area contributed by atoms with Gasteiger partial charge in [0.05, 0.1) is 0 Å². The third-order valence-electron chi connectivity index (χ3n) is 1.89. The Morgan fingerprint density at radius 2 is 2.12 bits per heavy atom. The number of hydroxylamine groups is 1. The Balaban J connectivity index is 3.99. The molecule has 6 heteroatoms. The minimum absolute atomic E-state index is 0.207. The van der Waals surface area contributed by atoms with Gasteiger partial charge in [0.1, 0.15) is 6.04 Å². The summed E-state index contributed by atoms with van der Waals surface area (Å²) in [5.74, 6) is -1.73. The van der Waals surface area contributed by atoms with E-state index in [2.05, 4.69) is 16.9 Å². The topological polar surface area (TPSA) is 102 Å². The Hall–Kier alpha value is -1.40. The Kier molecular flexibility index (Phi) is 7.15. The second-order valence-corrected chi connectivity index (χ2v) is 3.46. The summed E-state index contributed by atoms with van der Waals surface area (Å²) >= 11 is 0. The zero-order chi connectivity index (χ0) is 12.6. The number of hydrogen-bond donors (Lipinski definition) is 3. The van der Waals surface area contributed by atoms with Crippen LogP contribution in [0.25, 0.3) is 0 Å². The first-order valence-corrected chi connectivity index (χ1v) is 5.04. The maximum atomic E-state index is 11.0. The molecule has 0 rings (SSSR count). The van der Waals surface area contributed by atoms with Crippen LogP contribution in [0.3, 0.4) is 0 Å². The molecule has 0 radical (unpaired) electrons. The molecule has 0 spiro atoms. The summed E-state index contributed by atoms with van der Waals surface area (Å²) in [7, 11) is 0. The van der Waals surface area contributed by atoms with E-state index in [1.54, 1.807) is 0 Å². The molecule has 6 nitrogen and oxygen atoms in total. The van der Waals surface area contributed by atoms with Crippen LogP contribution in [0.1, 0.15) is 26.2 Å². The Morgan fingerprint density at radius 3 is 2.56 bits per heavy atom. The van der Waals surface area contributed by atoms with E-state index in [1.165, 1.54) is 6.92 Å². The van der Waals surface area contributed by atoms with Crippen LogP contribution in [0, 0.1) is 0 Å². The molecule has 0 heterocycles. The molecule has 4 N–H and O–H groups in total. The minimum atomic E-state index is -1.06. The lowest BCUT2D eigenvalue weighted by atomic mass is 10.1. The molecule has 0 saturated carbocycles. The van der Waals surface area contributed by atoms with Crippen molar-refractivity contribution < 1.29 is 19.5 Å². The second-order valence-electron chi connectivity index (χ2n) is 3.46. The van der Waals surface area contributed by atoms with Gasteiger partial charge in [-0.1, -0.05) is 6.58 Å².